The number of imidazole rings is 1. The minimum absolute atomic E-state index is 0.0914. The van der Waals surface area contributed by atoms with Crippen molar-refractivity contribution >= 4 is 27.0 Å². The van der Waals surface area contributed by atoms with Crippen LogP contribution in [0, 0.1) is 0 Å². The Kier molecular flexibility index (Phi) is 7.00. The molecular formula is C19H30N4O3S. The second-order valence-corrected chi connectivity index (χ2v) is 8.58. The van der Waals surface area contributed by atoms with Crippen molar-refractivity contribution in [1.82, 2.24) is 18.8 Å². The van der Waals surface area contributed by atoms with Crippen LogP contribution in [0.3, 0.4) is 0 Å². The van der Waals surface area contributed by atoms with E-state index >= 15 is 0 Å². The highest BCUT2D eigenvalue weighted by molar-refractivity contribution is 7.89. The van der Waals surface area contributed by atoms with E-state index < -0.39 is 10.0 Å². The van der Waals surface area contributed by atoms with Crippen molar-refractivity contribution in [2.24, 2.45) is 7.05 Å². The lowest BCUT2D eigenvalue weighted by atomic mass is 10.2. The van der Waals surface area contributed by atoms with Crippen LogP contribution in [0.1, 0.15) is 39.4 Å². The van der Waals surface area contributed by atoms with Gasteiger partial charge in [-0.3, -0.25) is 4.79 Å². The van der Waals surface area contributed by atoms with Gasteiger partial charge in [-0.05, 0) is 24.6 Å². The van der Waals surface area contributed by atoms with Crippen LogP contribution in [0.5, 0.6) is 0 Å². The second kappa shape index (κ2) is 8.84. The molecule has 1 aromatic heterocycles. The van der Waals surface area contributed by atoms with Crippen LogP contribution in [0.15, 0.2) is 23.1 Å². The molecule has 0 saturated carbocycles. The van der Waals surface area contributed by atoms with Gasteiger partial charge >= 0.3 is 0 Å². The lowest BCUT2D eigenvalue weighted by Gasteiger charge is -2.18. The molecular weight excluding hydrogens is 364 g/mol. The van der Waals surface area contributed by atoms with E-state index in [2.05, 4.69) is 4.98 Å². The molecule has 0 aliphatic heterocycles. The predicted molar refractivity (Wildman–Crippen MR) is 107 cm³/mol. The number of hydrogen-bond donors (Lipinski definition) is 0. The number of nitrogens with zero attached hydrogens (tertiary/aromatic N) is 4. The number of fused-ring (bicyclic) bond motifs is 1. The first kappa shape index (κ1) is 21.4. The number of benzene rings is 1. The average Bonchev–Trinajstić information content (AvgIpc) is 2.96. The van der Waals surface area contributed by atoms with Gasteiger partial charge in [0.25, 0.3) is 0 Å². The van der Waals surface area contributed by atoms with Crippen molar-refractivity contribution in [1.29, 1.82) is 0 Å². The Morgan fingerprint density at radius 3 is 2.44 bits per heavy atom. The van der Waals surface area contributed by atoms with Crippen molar-refractivity contribution in [2.75, 3.05) is 26.7 Å². The fourth-order valence-corrected chi connectivity index (χ4v) is 4.67. The van der Waals surface area contributed by atoms with Crippen LogP contribution >= 0.6 is 0 Å². The summed E-state index contributed by atoms with van der Waals surface area (Å²) < 4.78 is 28.8. The third kappa shape index (κ3) is 4.50. The SMILES string of the molecule is CCCN(C)C(=O)CCc1nc2cc(S(=O)(=O)N(CC)CC)ccc2n1C. The van der Waals surface area contributed by atoms with Gasteiger partial charge in [0, 0.05) is 46.6 Å². The summed E-state index contributed by atoms with van der Waals surface area (Å²) in [6.07, 6.45) is 1.84. The molecule has 8 heteroatoms. The highest BCUT2D eigenvalue weighted by Gasteiger charge is 2.22. The summed E-state index contributed by atoms with van der Waals surface area (Å²) >= 11 is 0. The first-order valence-electron chi connectivity index (χ1n) is 9.45. The maximum Gasteiger partial charge on any atom is 0.243 e. The zero-order valence-corrected chi connectivity index (χ0v) is 17.7. The van der Waals surface area contributed by atoms with Crippen LogP contribution in [0.25, 0.3) is 11.0 Å². The fraction of sp³-hybridized carbons (Fsp3) is 0.579. The minimum Gasteiger partial charge on any atom is -0.346 e. The molecule has 0 saturated heterocycles. The number of carbonyl (C=O) groups is 1. The number of rotatable bonds is 9. The van der Waals surface area contributed by atoms with E-state index in [1.54, 1.807) is 23.1 Å². The summed E-state index contributed by atoms with van der Waals surface area (Å²) in [4.78, 5) is 18.7. The highest BCUT2D eigenvalue weighted by atomic mass is 32.2. The molecule has 1 heterocycles. The van der Waals surface area contributed by atoms with E-state index in [0.29, 0.717) is 31.4 Å². The van der Waals surface area contributed by atoms with Crippen LogP contribution in [-0.4, -0.2) is 59.8 Å². The molecule has 0 unspecified atom stereocenters. The lowest BCUT2D eigenvalue weighted by molar-refractivity contribution is -0.129. The lowest BCUT2D eigenvalue weighted by Crippen LogP contribution is -2.30. The van der Waals surface area contributed by atoms with E-state index in [-0.39, 0.29) is 10.8 Å². The molecule has 27 heavy (non-hydrogen) atoms. The van der Waals surface area contributed by atoms with E-state index in [1.807, 2.05) is 39.4 Å². The quantitative estimate of drug-likeness (QED) is 0.654. The summed E-state index contributed by atoms with van der Waals surface area (Å²) in [5, 5.41) is 0. The zero-order valence-electron chi connectivity index (χ0n) is 16.9. The van der Waals surface area contributed by atoms with Crippen LogP contribution < -0.4 is 0 Å². The first-order valence-corrected chi connectivity index (χ1v) is 10.9. The predicted octanol–water partition coefficient (Wildman–Crippen LogP) is 2.40. The highest BCUT2D eigenvalue weighted by Crippen LogP contribution is 2.22. The molecule has 1 amide bonds. The Balaban J connectivity index is 2.27. The first-order chi connectivity index (χ1) is 12.8. The molecule has 0 aliphatic carbocycles. The number of amides is 1. The number of carbonyl (C=O) groups excluding carboxylic acids is 1. The van der Waals surface area contributed by atoms with Gasteiger partial charge in [-0.2, -0.15) is 4.31 Å². The van der Waals surface area contributed by atoms with Crippen molar-refractivity contribution in [2.45, 2.75) is 44.9 Å². The summed E-state index contributed by atoms with van der Waals surface area (Å²) in [5.41, 5.74) is 1.49. The van der Waals surface area contributed by atoms with Crippen molar-refractivity contribution in [3.05, 3.63) is 24.0 Å². The maximum atomic E-state index is 12.7. The monoisotopic (exact) mass is 394 g/mol. The number of sulfonamides is 1. The van der Waals surface area contributed by atoms with Gasteiger partial charge in [-0.25, -0.2) is 13.4 Å². The minimum atomic E-state index is -3.52. The van der Waals surface area contributed by atoms with Gasteiger partial charge in [-0.15, -0.1) is 0 Å². The number of hydrogen-bond acceptors (Lipinski definition) is 4. The molecule has 0 radical (unpaired) electrons. The largest absolute Gasteiger partial charge is 0.346 e. The number of aromatic nitrogens is 2. The second-order valence-electron chi connectivity index (χ2n) is 6.64. The molecule has 1 aromatic carbocycles. The molecule has 150 valence electrons. The van der Waals surface area contributed by atoms with Crippen molar-refractivity contribution < 1.29 is 13.2 Å². The summed E-state index contributed by atoms with van der Waals surface area (Å²) in [5.74, 6) is 0.870. The van der Waals surface area contributed by atoms with Crippen LogP contribution in [0.4, 0.5) is 0 Å². The molecule has 0 aliphatic rings. The maximum absolute atomic E-state index is 12.7. The fourth-order valence-electron chi connectivity index (χ4n) is 3.20. The van der Waals surface area contributed by atoms with Gasteiger partial charge in [0.2, 0.25) is 15.9 Å². The Hall–Kier alpha value is -1.93. The zero-order chi connectivity index (χ0) is 20.2. The summed E-state index contributed by atoms with van der Waals surface area (Å²) in [7, 11) is 0.187. The normalized spacial score (nSPS) is 12.1. The molecule has 2 rings (SSSR count). The Morgan fingerprint density at radius 1 is 1.19 bits per heavy atom. The molecule has 2 aromatic rings. The molecule has 0 bridgehead atoms. The van der Waals surface area contributed by atoms with Gasteiger partial charge in [-0.1, -0.05) is 20.8 Å². The Labute approximate surface area is 162 Å². The number of aryl methyl sites for hydroxylation is 2. The van der Waals surface area contributed by atoms with E-state index in [9.17, 15) is 13.2 Å². The molecule has 0 spiro atoms. The Bertz CT molecular complexity index is 901. The Morgan fingerprint density at radius 2 is 1.85 bits per heavy atom. The van der Waals surface area contributed by atoms with Crippen molar-refractivity contribution in [3.63, 3.8) is 0 Å². The standard InChI is InChI=1S/C19H30N4O3S/c1-6-13-21(4)19(24)12-11-18-20-16-14-15(9-10-17(16)22(18)5)27(25,26)23(7-2)8-3/h9-10,14H,6-8,11-13H2,1-5H3. The van der Waals surface area contributed by atoms with Crippen molar-refractivity contribution in [3.8, 4) is 0 Å². The van der Waals surface area contributed by atoms with Gasteiger partial charge in [0.15, 0.2) is 0 Å². The average molecular weight is 395 g/mol. The van der Waals surface area contributed by atoms with Gasteiger partial charge in [0.1, 0.15) is 5.82 Å². The third-order valence-electron chi connectivity index (χ3n) is 4.84. The smallest absolute Gasteiger partial charge is 0.243 e. The molecule has 0 atom stereocenters. The van der Waals surface area contributed by atoms with Gasteiger partial charge in [0.05, 0.1) is 15.9 Å². The molecule has 0 fully saturated rings. The van der Waals surface area contributed by atoms with E-state index in [0.717, 1.165) is 24.3 Å². The van der Waals surface area contributed by atoms with E-state index in [1.165, 1.54) is 4.31 Å². The van der Waals surface area contributed by atoms with Crippen LogP contribution in [-0.2, 0) is 28.3 Å². The molecule has 0 N–H and O–H groups in total. The van der Waals surface area contributed by atoms with E-state index in [4.69, 9.17) is 0 Å². The summed E-state index contributed by atoms with van der Waals surface area (Å²) in [6.45, 7) is 7.29. The molecule has 7 nitrogen and oxygen atoms in total. The summed E-state index contributed by atoms with van der Waals surface area (Å²) in [6, 6.07) is 5.03. The van der Waals surface area contributed by atoms with Gasteiger partial charge < -0.3 is 9.47 Å². The third-order valence-corrected chi connectivity index (χ3v) is 6.88. The topological polar surface area (TPSA) is 75.5 Å². The van der Waals surface area contributed by atoms with Crippen LogP contribution in [0.2, 0.25) is 0 Å².